The summed E-state index contributed by atoms with van der Waals surface area (Å²) in [6.07, 6.45) is 0.0518. The van der Waals surface area contributed by atoms with E-state index < -0.39 is 5.97 Å². The van der Waals surface area contributed by atoms with Crippen LogP contribution in [0.4, 0.5) is 0 Å². The molecule has 0 aliphatic heterocycles. The van der Waals surface area contributed by atoms with Crippen molar-refractivity contribution in [1.82, 2.24) is 9.88 Å². The number of rotatable bonds is 8. The van der Waals surface area contributed by atoms with Gasteiger partial charge in [0, 0.05) is 24.5 Å². The molecular formula is C24H26N2O3S. The maximum absolute atomic E-state index is 12.2. The van der Waals surface area contributed by atoms with E-state index in [1.807, 2.05) is 35.7 Å². The molecule has 1 aromatic heterocycles. The molecule has 30 heavy (non-hydrogen) atoms. The van der Waals surface area contributed by atoms with Crippen LogP contribution in [-0.4, -0.2) is 35.4 Å². The lowest BCUT2D eigenvalue weighted by molar-refractivity contribution is -0.151. The number of nitrogens with zero attached hydrogens (tertiary/aromatic N) is 2. The predicted molar refractivity (Wildman–Crippen MR) is 119 cm³/mol. The van der Waals surface area contributed by atoms with E-state index in [-0.39, 0.29) is 18.9 Å². The maximum Gasteiger partial charge on any atom is 0.312 e. The van der Waals surface area contributed by atoms with E-state index >= 15 is 0 Å². The molecule has 0 fully saturated rings. The van der Waals surface area contributed by atoms with Crippen LogP contribution in [0.1, 0.15) is 36.6 Å². The van der Waals surface area contributed by atoms with Crippen molar-refractivity contribution in [2.45, 2.75) is 32.7 Å². The van der Waals surface area contributed by atoms with E-state index in [1.165, 1.54) is 16.9 Å². The molecule has 0 radical (unpaired) electrons. The summed E-state index contributed by atoms with van der Waals surface area (Å²) in [5.74, 6) is -0.213. The number of hydrogen-bond donors (Lipinski definition) is 0. The fourth-order valence-electron chi connectivity index (χ4n) is 2.93. The fraction of sp³-hybridized carbons (Fsp3) is 0.292. The Morgan fingerprint density at radius 1 is 1.07 bits per heavy atom. The van der Waals surface area contributed by atoms with Crippen molar-refractivity contribution in [3.05, 3.63) is 76.8 Å². The zero-order chi connectivity index (χ0) is 21.5. The lowest BCUT2D eigenvalue weighted by Gasteiger charge is -2.17. The van der Waals surface area contributed by atoms with Gasteiger partial charge >= 0.3 is 5.97 Å². The number of likely N-dealkylation sites (N-methyl/N-ethyl adjacent to an activating group) is 1. The van der Waals surface area contributed by atoms with E-state index in [9.17, 15) is 9.59 Å². The zero-order valence-electron chi connectivity index (χ0n) is 17.5. The number of ether oxygens (including phenoxy) is 1. The number of benzene rings is 2. The van der Waals surface area contributed by atoms with Crippen LogP contribution >= 0.6 is 11.3 Å². The second-order valence-electron chi connectivity index (χ2n) is 7.49. The highest BCUT2D eigenvalue weighted by molar-refractivity contribution is 7.13. The Labute approximate surface area is 181 Å². The van der Waals surface area contributed by atoms with Gasteiger partial charge in [0.1, 0.15) is 5.01 Å². The maximum atomic E-state index is 12.2. The van der Waals surface area contributed by atoms with Crippen molar-refractivity contribution in [2.75, 3.05) is 13.7 Å². The first-order chi connectivity index (χ1) is 14.4. The summed E-state index contributed by atoms with van der Waals surface area (Å²) < 4.78 is 5.16. The van der Waals surface area contributed by atoms with Crippen molar-refractivity contribution in [3.8, 4) is 10.6 Å². The van der Waals surface area contributed by atoms with E-state index in [0.29, 0.717) is 18.2 Å². The number of carbonyl (C=O) groups excluding carboxylic acids is 2. The minimum atomic E-state index is -0.455. The molecular weight excluding hydrogens is 396 g/mol. The number of aromatic nitrogens is 1. The van der Waals surface area contributed by atoms with E-state index in [0.717, 1.165) is 16.1 Å². The van der Waals surface area contributed by atoms with E-state index in [4.69, 9.17) is 4.74 Å². The summed E-state index contributed by atoms with van der Waals surface area (Å²) >= 11 is 1.50. The molecule has 156 valence electrons. The van der Waals surface area contributed by atoms with Gasteiger partial charge in [-0.1, -0.05) is 68.4 Å². The molecule has 0 aliphatic carbocycles. The zero-order valence-corrected chi connectivity index (χ0v) is 18.3. The van der Waals surface area contributed by atoms with Gasteiger partial charge in [-0.2, -0.15) is 0 Å². The van der Waals surface area contributed by atoms with Crippen LogP contribution in [0.15, 0.2) is 60.0 Å². The molecule has 0 bridgehead atoms. The van der Waals surface area contributed by atoms with Crippen LogP contribution in [0.5, 0.6) is 0 Å². The number of esters is 1. The standard InChI is InChI=1S/C24H26N2O3S/c1-17(2)19-9-11-20(12-10-19)24-25-21(16-30-24)13-23(28)29-15-22(27)26(3)14-18-7-5-4-6-8-18/h4-12,16-17H,13-15H2,1-3H3. The minimum Gasteiger partial charge on any atom is -0.455 e. The van der Waals surface area contributed by atoms with Gasteiger partial charge < -0.3 is 9.64 Å². The SMILES string of the molecule is CC(C)c1ccc(-c2nc(CC(=O)OCC(=O)N(C)Cc3ccccc3)cs2)cc1. The first kappa shape index (κ1) is 21.7. The predicted octanol–water partition coefficient (Wildman–Crippen LogP) is 4.68. The van der Waals surface area contributed by atoms with Gasteiger partial charge in [-0.3, -0.25) is 9.59 Å². The molecule has 0 spiro atoms. The molecule has 0 saturated heterocycles. The monoisotopic (exact) mass is 422 g/mol. The summed E-state index contributed by atoms with van der Waals surface area (Å²) in [4.78, 5) is 30.4. The molecule has 2 aromatic carbocycles. The quantitative estimate of drug-likeness (QED) is 0.495. The summed E-state index contributed by atoms with van der Waals surface area (Å²) in [6, 6.07) is 18.0. The third-order valence-electron chi connectivity index (χ3n) is 4.75. The average molecular weight is 423 g/mol. The molecule has 1 heterocycles. The molecule has 0 aliphatic rings. The van der Waals surface area contributed by atoms with Crippen LogP contribution in [0, 0.1) is 0 Å². The molecule has 0 saturated carbocycles. The molecule has 0 N–H and O–H groups in total. The number of hydrogen-bond acceptors (Lipinski definition) is 5. The summed E-state index contributed by atoms with van der Waals surface area (Å²) in [6.45, 7) is 4.52. The molecule has 0 atom stereocenters. The lowest BCUT2D eigenvalue weighted by atomic mass is 10.0. The Bertz CT molecular complexity index is 981. The molecule has 0 unspecified atom stereocenters. The second kappa shape index (κ2) is 10.2. The Morgan fingerprint density at radius 3 is 2.43 bits per heavy atom. The van der Waals surface area contributed by atoms with Gasteiger partial charge in [-0.05, 0) is 17.0 Å². The summed E-state index contributed by atoms with van der Waals surface area (Å²) in [5, 5.41) is 2.72. The van der Waals surface area contributed by atoms with Gasteiger partial charge in [0.2, 0.25) is 0 Å². The summed E-state index contributed by atoms with van der Waals surface area (Å²) in [7, 11) is 1.69. The third-order valence-corrected chi connectivity index (χ3v) is 5.69. The Hall–Kier alpha value is -2.99. The number of carbonyl (C=O) groups is 2. The van der Waals surface area contributed by atoms with Crippen molar-refractivity contribution < 1.29 is 14.3 Å². The van der Waals surface area contributed by atoms with Crippen molar-refractivity contribution in [1.29, 1.82) is 0 Å². The largest absolute Gasteiger partial charge is 0.455 e. The smallest absolute Gasteiger partial charge is 0.312 e. The van der Waals surface area contributed by atoms with Gasteiger partial charge in [0.15, 0.2) is 6.61 Å². The Kier molecular flexibility index (Phi) is 7.36. The van der Waals surface area contributed by atoms with Crippen LogP contribution < -0.4 is 0 Å². The molecule has 1 amide bonds. The first-order valence-electron chi connectivity index (χ1n) is 9.90. The van der Waals surface area contributed by atoms with Gasteiger partial charge in [0.25, 0.3) is 5.91 Å². The Morgan fingerprint density at radius 2 is 1.77 bits per heavy atom. The number of amides is 1. The molecule has 3 rings (SSSR count). The number of thiazole rings is 1. The van der Waals surface area contributed by atoms with Crippen LogP contribution in [-0.2, 0) is 27.3 Å². The van der Waals surface area contributed by atoms with Crippen LogP contribution in [0.2, 0.25) is 0 Å². The first-order valence-corrected chi connectivity index (χ1v) is 10.8. The van der Waals surface area contributed by atoms with Gasteiger partial charge in [-0.15, -0.1) is 11.3 Å². The van der Waals surface area contributed by atoms with Crippen molar-refractivity contribution in [2.24, 2.45) is 0 Å². The van der Waals surface area contributed by atoms with Crippen molar-refractivity contribution in [3.63, 3.8) is 0 Å². The van der Waals surface area contributed by atoms with E-state index in [1.54, 1.807) is 11.9 Å². The average Bonchev–Trinajstić information content (AvgIpc) is 3.21. The molecule has 6 heteroatoms. The van der Waals surface area contributed by atoms with Crippen molar-refractivity contribution >= 4 is 23.2 Å². The third kappa shape index (κ3) is 6.00. The van der Waals surface area contributed by atoms with Gasteiger partial charge in [0.05, 0.1) is 12.1 Å². The fourth-order valence-corrected chi connectivity index (χ4v) is 3.75. The highest BCUT2D eigenvalue weighted by atomic mass is 32.1. The lowest BCUT2D eigenvalue weighted by Crippen LogP contribution is -2.31. The van der Waals surface area contributed by atoms with Crippen LogP contribution in [0.3, 0.4) is 0 Å². The summed E-state index contributed by atoms with van der Waals surface area (Å²) in [5.41, 5.74) is 3.98. The van der Waals surface area contributed by atoms with Gasteiger partial charge in [-0.25, -0.2) is 4.98 Å². The second-order valence-corrected chi connectivity index (χ2v) is 8.35. The topological polar surface area (TPSA) is 59.5 Å². The van der Waals surface area contributed by atoms with E-state index in [2.05, 4.69) is 43.1 Å². The normalized spacial score (nSPS) is 10.8. The Balaban J connectivity index is 1.48. The minimum absolute atomic E-state index is 0.0518. The molecule has 5 nitrogen and oxygen atoms in total. The highest BCUT2D eigenvalue weighted by Gasteiger charge is 2.15. The highest BCUT2D eigenvalue weighted by Crippen LogP contribution is 2.26. The molecule has 3 aromatic rings. The van der Waals surface area contributed by atoms with Crippen LogP contribution in [0.25, 0.3) is 10.6 Å².